The second kappa shape index (κ2) is 5.75. The third-order valence-corrected chi connectivity index (χ3v) is 2.90. The van der Waals surface area contributed by atoms with E-state index in [1.54, 1.807) is 19.2 Å². The zero-order chi connectivity index (χ0) is 14.7. The lowest BCUT2D eigenvalue weighted by molar-refractivity contribution is -0.114. The molecule has 0 fully saturated rings. The highest BCUT2D eigenvalue weighted by Gasteiger charge is 2.14. The molecule has 20 heavy (non-hydrogen) atoms. The second-order valence-corrected chi connectivity index (χ2v) is 4.46. The van der Waals surface area contributed by atoms with Crippen LogP contribution in [0.1, 0.15) is 18.4 Å². The van der Waals surface area contributed by atoms with Crippen LogP contribution >= 0.6 is 0 Å². The van der Waals surface area contributed by atoms with Crippen LogP contribution in [-0.4, -0.2) is 23.0 Å². The molecule has 0 aliphatic heterocycles. The standard InChI is InChI=1S/C14H18N4O2/c1-8-14(18-13(7-15)16-8)11-6-10(17-9(2)19)4-5-12(11)20-3/h4-6H,7,15H2,1-3H3,(H,16,18)(H,17,19). The first kappa shape index (κ1) is 14.1. The van der Waals surface area contributed by atoms with Crippen LogP contribution in [0.4, 0.5) is 5.69 Å². The highest BCUT2D eigenvalue weighted by molar-refractivity contribution is 5.90. The van der Waals surface area contributed by atoms with Gasteiger partial charge in [0.25, 0.3) is 0 Å². The first-order valence-electron chi connectivity index (χ1n) is 6.26. The number of hydrogen-bond acceptors (Lipinski definition) is 4. The number of nitrogens with zero attached hydrogens (tertiary/aromatic N) is 1. The molecule has 1 amide bonds. The van der Waals surface area contributed by atoms with Crippen molar-refractivity contribution in [3.05, 3.63) is 29.7 Å². The molecule has 6 heteroatoms. The molecule has 6 nitrogen and oxygen atoms in total. The van der Waals surface area contributed by atoms with E-state index in [0.717, 1.165) is 17.0 Å². The number of benzene rings is 1. The number of nitrogens with two attached hydrogens (primary N) is 1. The molecule has 0 spiro atoms. The van der Waals surface area contributed by atoms with Crippen molar-refractivity contribution in [3.63, 3.8) is 0 Å². The number of aromatic amines is 1. The molecule has 106 valence electrons. The summed E-state index contributed by atoms with van der Waals surface area (Å²) in [4.78, 5) is 18.7. The minimum atomic E-state index is -0.123. The van der Waals surface area contributed by atoms with E-state index in [4.69, 9.17) is 10.5 Å². The Hall–Kier alpha value is -2.34. The zero-order valence-corrected chi connectivity index (χ0v) is 11.8. The Morgan fingerprint density at radius 1 is 1.50 bits per heavy atom. The second-order valence-electron chi connectivity index (χ2n) is 4.46. The van der Waals surface area contributed by atoms with Gasteiger partial charge in [0.1, 0.15) is 11.6 Å². The van der Waals surface area contributed by atoms with Crippen LogP contribution in [0.3, 0.4) is 0 Å². The molecule has 0 bridgehead atoms. The quantitative estimate of drug-likeness (QED) is 0.792. The number of carbonyl (C=O) groups is 1. The molecular formula is C14H18N4O2. The van der Waals surface area contributed by atoms with Gasteiger partial charge in [0.15, 0.2) is 0 Å². The number of imidazole rings is 1. The number of aryl methyl sites for hydroxylation is 1. The summed E-state index contributed by atoms with van der Waals surface area (Å²) in [5.41, 5.74) is 8.78. The third-order valence-electron chi connectivity index (χ3n) is 2.90. The van der Waals surface area contributed by atoms with Gasteiger partial charge >= 0.3 is 0 Å². The SMILES string of the molecule is COc1ccc(NC(C)=O)cc1-c1nc(CN)[nH]c1C. The molecule has 0 atom stereocenters. The van der Waals surface area contributed by atoms with Crippen molar-refractivity contribution in [1.82, 2.24) is 9.97 Å². The number of aromatic nitrogens is 2. The van der Waals surface area contributed by atoms with Crippen LogP contribution in [0, 0.1) is 6.92 Å². The van der Waals surface area contributed by atoms with Crippen molar-refractivity contribution in [3.8, 4) is 17.0 Å². The molecule has 2 aromatic rings. The van der Waals surface area contributed by atoms with E-state index in [9.17, 15) is 4.79 Å². The predicted molar refractivity (Wildman–Crippen MR) is 77.5 cm³/mol. The number of rotatable bonds is 4. The molecule has 2 rings (SSSR count). The summed E-state index contributed by atoms with van der Waals surface area (Å²) in [5.74, 6) is 1.28. The molecule has 1 heterocycles. The highest BCUT2D eigenvalue weighted by atomic mass is 16.5. The Balaban J connectivity index is 2.51. The van der Waals surface area contributed by atoms with E-state index in [-0.39, 0.29) is 5.91 Å². The van der Waals surface area contributed by atoms with Crippen molar-refractivity contribution in [2.45, 2.75) is 20.4 Å². The topological polar surface area (TPSA) is 93.0 Å². The smallest absolute Gasteiger partial charge is 0.221 e. The number of hydrogen-bond donors (Lipinski definition) is 3. The minimum Gasteiger partial charge on any atom is -0.496 e. The largest absolute Gasteiger partial charge is 0.496 e. The fraction of sp³-hybridized carbons (Fsp3) is 0.286. The molecule has 0 unspecified atom stereocenters. The maximum atomic E-state index is 11.2. The monoisotopic (exact) mass is 274 g/mol. The first-order chi connectivity index (χ1) is 9.55. The van der Waals surface area contributed by atoms with Gasteiger partial charge < -0.3 is 20.8 Å². The van der Waals surface area contributed by atoms with E-state index in [1.807, 2.05) is 13.0 Å². The summed E-state index contributed by atoms with van der Waals surface area (Å²) in [6.45, 7) is 3.73. The number of carbonyl (C=O) groups excluding carboxylic acids is 1. The van der Waals surface area contributed by atoms with E-state index in [1.165, 1.54) is 6.92 Å². The Kier molecular flexibility index (Phi) is 4.05. The number of anilines is 1. The van der Waals surface area contributed by atoms with Gasteiger partial charge in [-0.3, -0.25) is 4.79 Å². The van der Waals surface area contributed by atoms with Crippen LogP contribution in [0.25, 0.3) is 11.3 Å². The molecule has 0 aliphatic rings. The van der Waals surface area contributed by atoms with Crippen LogP contribution in [0.2, 0.25) is 0 Å². The van der Waals surface area contributed by atoms with Gasteiger partial charge in [-0.2, -0.15) is 0 Å². The van der Waals surface area contributed by atoms with Gasteiger partial charge in [0.2, 0.25) is 5.91 Å². The number of amides is 1. The molecule has 4 N–H and O–H groups in total. The van der Waals surface area contributed by atoms with Crippen molar-refractivity contribution in [2.24, 2.45) is 5.73 Å². The number of ether oxygens (including phenoxy) is 1. The highest BCUT2D eigenvalue weighted by Crippen LogP contribution is 2.33. The molecule has 0 aliphatic carbocycles. The van der Waals surface area contributed by atoms with Crippen LogP contribution in [-0.2, 0) is 11.3 Å². The maximum absolute atomic E-state index is 11.2. The molecule has 0 saturated carbocycles. The van der Waals surface area contributed by atoms with Crippen molar-refractivity contribution in [2.75, 3.05) is 12.4 Å². The van der Waals surface area contributed by atoms with Gasteiger partial charge in [-0.25, -0.2) is 4.98 Å². The van der Waals surface area contributed by atoms with Gasteiger partial charge in [-0.1, -0.05) is 0 Å². The summed E-state index contributed by atoms with van der Waals surface area (Å²) >= 11 is 0. The third kappa shape index (κ3) is 2.80. The molecule has 0 saturated heterocycles. The lowest BCUT2D eigenvalue weighted by Crippen LogP contribution is -2.06. The van der Waals surface area contributed by atoms with Gasteiger partial charge in [-0.05, 0) is 25.1 Å². The van der Waals surface area contributed by atoms with Crippen LogP contribution in [0.5, 0.6) is 5.75 Å². The Morgan fingerprint density at radius 3 is 2.80 bits per heavy atom. The normalized spacial score (nSPS) is 10.4. The molecule has 0 radical (unpaired) electrons. The lowest BCUT2D eigenvalue weighted by atomic mass is 10.1. The van der Waals surface area contributed by atoms with E-state index in [2.05, 4.69) is 15.3 Å². The maximum Gasteiger partial charge on any atom is 0.221 e. The van der Waals surface area contributed by atoms with E-state index < -0.39 is 0 Å². The van der Waals surface area contributed by atoms with Crippen molar-refractivity contribution in [1.29, 1.82) is 0 Å². The summed E-state index contributed by atoms with van der Waals surface area (Å²) < 4.78 is 5.36. The average Bonchev–Trinajstić information content (AvgIpc) is 2.79. The van der Waals surface area contributed by atoms with Gasteiger partial charge in [-0.15, -0.1) is 0 Å². The Morgan fingerprint density at radius 2 is 2.25 bits per heavy atom. The van der Waals surface area contributed by atoms with E-state index >= 15 is 0 Å². The van der Waals surface area contributed by atoms with Crippen LogP contribution in [0.15, 0.2) is 18.2 Å². The number of H-pyrrole nitrogens is 1. The zero-order valence-electron chi connectivity index (χ0n) is 11.8. The number of nitrogens with one attached hydrogen (secondary N) is 2. The molecular weight excluding hydrogens is 256 g/mol. The first-order valence-corrected chi connectivity index (χ1v) is 6.26. The Bertz CT molecular complexity index is 634. The Labute approximate surface area is 117 Å². The summed E-state index contributed by atoms with van der Waals surface area (Å²) in [7, 11) is 1.60. The summed E-state index contributed by atoms with van der Waals surface area (Å²) in [6, 6.07) is 5.43. The fourth-order valence-electron chi connectivity index (χ4n) is 2.06. The fourth-order valence-corrected chi connectivity index (χ4v) is 2.06. The average molecular weight is 274 g/mol. The predicted octanol–water partition coefficient (Wildman–Crippen LogP) is 1.81. The minimum absolute atomic E-state index is 0.123. The summed E-state index contributed by atoms with van der Waals surface area (Å²) in [5, 5.41) is 2.75. The number of methoxy groups -OCH3 is 1. The summed E-state index contributed by atoms with van der Waals surface area (Å²) in [6.07, 6.45) is 0. The lowest BCUT2D eigenvalue weighted by Gasteiger charge is -2.10. The van der Waals surface area contributed by atoms with Crippen molar-refractivity contribution >= 4 is 11.6 Å². The van der Waals surface area contributed by atoms with Gasteiger partial charge in [0.05, 0.1) is 19.3 Å². The van der Waals surface area contributed by atoms with Gasteiger partial charge in [0, 0.05) is 23.9 Å². The van der Waals surface area contributed by atoms with E-state index in [0.29, 0.717) is 23.8 Å². The molecule has 1 aromatic carbocycles. The van der Waals surface area contributed by atoms with Crippen molar-refractivity contribution < 1.29 is 9.53 Å². The molecule has 1 aromatic heterocycles. The van der Waals surface area contributed by atoms with Crippen LogP contribution < -0.4 is 15.8 Å².